The highest BCUT2D eigenvalue weighted by molar-refractivity contribution is 5.71. The molecule has 4 heteroatoms. The lowest BCUT2D eigenvalue weighted by molar-refractivity contribution is -0.319. The van der Waals surface area contributed by atoms with Crippen molar-refractivity contribution in [3.63, 3.8) is 0 Å². The number of hydrogen-bond donors (Lipinski definition) is 0. The zero-order chi connectivity index (χ0) is 8.91. The summed E-state index contributed by atoms with van der Waals surface area (Å²) in [5, 5.41) is 8.06. The predicted molar refractivity (Wildman–Crippen MR) is 37.2 cm³/mol. The third-order valence-corrected chi connectivity index (χ3v) is 0.608. The number of hydrogen-bond acceptors (Lipinski definition) is 4. The van der Waals surface area contributed by atoms with Gasteiger partial charge in [-0.2, -0.15) is 10.1 Å². The second kappa shape index (κ2) is 3.94. The number of rotatable bonds is 2. The fourth-order valence-corrected chi connectivity index (χ4v) is 0.265. The highest BCUT2D eigenvalue weighted by Gasteiger charge is 2.14. The summed E-state index contributed by atoms with van der Waals surface area (Å²) in [5.74, 6) is -0.664. The van der Waals surface area contributed by atoms with Crippen molar-refractivity contribution in [2.45, 2.75) is 32.8 Å². The molecule has 0 aromatic carbocycles. The summed E-state index contributed by atoms with van der Waals surface area (Å²) < 4.78 is 0. The van der Waals surface area contributed by atoms with E-state index in [1.54, 1.807) is 26.8 Å². The van der Waals surface area contributed by atoms with Crippen LogP contribution in [0.3, 0.4) is 0 Å². The van der Waals surface area contributed by atoms with Crippen molar-refractivity contribution in [1.82, 2.24) is 0 Å². The Morgan fingerprint density at radius 3 is 2.45 bits per heavy atom. The molecule has 0 fully saturated rings. The van der Waals surface area contributed by atoms with E-state index >= 15 is 0 Å². The van der Waals surface area contributed by atoms with E-state index < -0.39 is 11.6 Å². The minimum Gasteiger partial charge on any atom is -0.297 e. The summed E-state index contributed by atoms with van der Waals surface area (Å²) in [6.45, 7) is 5.23. The van der Waals surface area contributed by atoms with E-state index in [0.717, 1.165) is 0 Å². The van der Waals surface area contributed by atoms with Crippen molar-refractivity contribution in [3.8, 4) is 6.07 Å². The molecular weight excluding hydrogens is 146 g/mol. The molecule has 0 aromatic heterocycles. The van der Waals surface area contributed by atoms with Crippen LogP contribution in [0.15, 0.2) is 0 Å². The van der Waals surface area contributed by atoms with Gasteiger partial charge >= 0.3 is 5.97 Å². The predicted octanol–water partition coefficient (Wildman–Crippen LogP) is 1.17. The van der Waals surface area contributed by atoms with Gasteiger partial charge in [-0.15, -0.1) is 0 Å². The summed E-state index contributed by atoms with van der Waals surface area (Å²) in [6, 6.07) is 1.65. The van der Waals surface area contributed by atoms with Gasteiger partial charge in [-0.05, 0) is 20.8 Å². The molecule has 0 saturated heterocycles. The molecule has 0 spiro atoms. The second-order valence-electron chi connectivity index (χ2n) is 2.99. The largest absolute Gasteiger partial charge is 0.356 e. The molecule has 4 nitrogen and oxygen atoms in total. The Hall–Kier alpha value is -1.08. The van der Waals surface area contributed by atoms with Crippen molar-refractivity contribution in [2.75, 3.05) is 0 Å². The van der Waals surface area contributed by atoms with E-state index in [0.29, 0.717) is 0 Å². The third kappa shape index (κ3) is 6.81. The normalized spacial score (nSPS) is 10.4. The van der Waals surface area contributed by atoms with Crippen molar-refractivity contribution < 1.29 is 14.6 Å². The maximum Gasteiger partial charge on any atom is 0.356 e. The molecule has 0 aliphatic heterocycles. The number of nitriles is 1. The highest BCUT2D eigenvalue weighted by Crippen LogP contribution is 2.07. The fourth-order valence-electron chi connectivity index (χ4n) is 0.265. The monoisotopic (exact) mass is 157 g/mol. The quantitative estimate of drug-likeness (QED) is 0.446. The number of carbonyl (C=O) groups is 1. The topological polar surface area (TPSA) is 59.3 Å². The van der Waals surface area contributed by atoms with Gasteiger partial charge in [0.25, 0.3) is 0 Å². The van der Waals surface area contributed by atoms with E-state index in [2.05, 4.69) is 9.78 Å². The zero-order valence-corrected chi connectivity index (χ0v) is 6.88. The fraction of sp³-hybridized carbons (Fsp3) is 0.714. The molecule has 0 unspecified atom stereocenters. The Morgan fingerprint density at radius 1 is 1.55 bits per heavy atom. The first-order valence-electron chi connectivity index (χ1n) is 3.21. The summed E-state index contributed by atoms with van der Waals surface area (Å²) in [4.78, 5) is 19.4. The average Bonchev–Trinajstić information content (AvgIpc) is 1.83. The van der Waals surface area contributed by atoms with Gasteiger partial charge in [0.15, 0.2) is 0 Å². The standard InChI is InChI=1S/C7H11NO3/c1-7(2,3)11-10-6(9)4-5-8/h4H2,1-3H3. The van der Waals surface area contributed by atoms with Crippen LogP contribution in [0.2, 0.25) is 0 Å². The van der Waals surface area contributed by atoms with Crippen molar-refractivity contribution in [2.24, 2.45) is 0 Å². The van der Waals surface area contributed by atoms with Gasteiger partial charge in [0.1, 0.15) is 12.0 Å². The molecule has 0 atom stereocenters. The SMILES string of the molecule is CC(C)(C)OOC(=O)CC#N. The van der Waals surface area contributed by atoms with Crippen LogP contribution in [0, 0.1) is 11.3 Å². The molecule has 0 bridgehead atoms. The van der Waals surface area contributed by atoms with Crippen LogP contribution in [-0.4, -0.2) is 11.6 Å². The van der Waals surface area contributed by atoms with Gasteiger partial charge in [-0.25, -0.2) is 4.79 Å². The van der Waals surface area contributed by atoms with Gasteiger partial charge in [-0.1, -0.05) is 0 Å². The first kappa shape index (κ1) is 9.92. The molecule has 0 aliphatic carbocycles. The van der Waals surface area contributed by atoms with Crippen molar-refractivity contribution in [1.29, 1.82) is 5.26 Å². The van der Waals surface area contributed by atoms with Crippen molar-refractivity contribution >= 4 is 5.97 Å². The molecule has 11 heavy (non-hydrogen) atoms. The Kier molecular flexibility index (Phi) is 3.55. The molecule has 0 rings (SSSR count). The summed E-state index contributed by atoms with van der Waals surface area (Å²) >= 11 is 0. The minimum absolute atomic E-state index is 0.282. The number of carbonyl (C=O) groups excluding carboxylic acids is 1. The molecule has 0 radical (unpaired) electrons. The lowest BCUT2D eigenvalue weighted by Gasteiger charge is -2.15. The van der Waals surface area contributed by atoms with Gasteiger partial charge in [0.2, 0.25) is 0 Å². The lowest BCUT2D eigenvalue weighted by atomic mass is 10.2. The zero-order valence-electron chi connectivity index (χ0n) is 6.88. The van der Waals surface area contributed by atoms with Gasteiger partial charge in [-0.3, -0.25) is 4.89 Å². The van der Waals surface area contributed by atoms with E-state index in [1.165, 1.54) is 0 Å². The average molecular weight is 157 g/mol. The van der Waals surface area contributed by atoms with Crippen LogP contribution in [0.1, 0.15) is 27.2 Å². The maximum atomic E-state index is 10.5. The summed E-state index contributed by atoms with van der Waals surface area (Å²) in [6.07, 6.45) is -0.282. The summed E-state index contributed by atoms with van der Waals surface area (Å²) in [5.41, 5.74) is -0.523. The molecule has 62 valence electrons. The molecule has 0 N–H and O–H groups in total. The summed E-state index contributed by atoms with van der Waals surface area (Å²) in [7, 11) is 0. The smallest absolute Gasteiger partial charge is 0.297 e. The molecule has 0 heterocycles. The Bertz CT molecular complexity index is 175. The Balaban J connectivity index is 3.57. The van der Waals surface area contributed by atoms with Crippen LogP contribution in [0.4, 0.5) is 0 Å². The van der Waals surface area contributed by atoms with E-state index in [9.17, 15) is 4.79 Å². The first-order chi connectivity index (χ1) is 4.95. The Morgan fingerprint density at radius 2 is 2.09 bits per heavy atom. The van der Waals surface area contributed by atoms with Gasteiger partial charge in [0.05, 0.1) is 6.07 Å². The van der Waals surface area contributed by atoms with E-state index in [4.69, 9.17) is 5.26 Å². The van der Waals surface area contributed by atoms with Crippen molar-refractivity contribution in [3.05, 3.63) is 0 Å². The third-order valence-electron chi connectivity index (χ3n) is 0.608. The van der Waals surface area contributed by atoms with Crippen LogP contribution in [-0.2, 0) is 14.6 Å². The van der Waals surface area contributed by atoms with Crippen LogP contribution < -0.4 is 0 Å². The highest BCUT2D eigenvalue weighted by atomic mass is 17.2. The van der Waals surface area contributed by atoms with Crippen LogP contribution in [0.25, 0.3) is 0 Å². The van der Waals surface area contributed by atoms with Gasteiger partial charge in [0, 0.05) is 0 Å². The molecule has 0 aliphatic rings. The van der Waals surface area contributed by atoms with Crippen LogP contribution in [0.5, 0.6) is 0 Å². The van der Waals surface area contributed by atoms with Gasteiger partial charge < -0.3 is 0 Å². The lowest BCUT2D eigenvalue weighted by Crippen LogP contribution is -2.21. The second-order valence-corrected chi connectivity index (χ2v) is 2.99. The molecule has 0 saturated carbocycles. The molecular formula is C7H11NO3. The minimum atomic E-state index is -0.664. The Labute approximate surface area is 65.6 Å². The number of nitrogens with zero attached hydrogens (tertiary/aromatic N) is 1. The van der Waals surface area contributed by atoms with Crippen LogP contribution >= 0.6 is 0 Å². The maximum absolute atomic E-state index is 10.5. The van der Waals surface area contributed by atoms with E-state index in [-0.39, 0.29) is 6.42 Å². The first-order valence-corrected chi connectivity index (χ1v) is 3.21. The molecule has 0 amide bonds. The molecule has 0 aromatic rings. The van der Waals surface area contributed by atoms with E-state index in [1.807, 2.05) is 0 Å².